The van der Waals surface area contributed by atoms with Crippen molar-refractivity contribution in [3.05, 3.63) is 0 Å². The van der Waals surface area contributed by atoms with Crippen molar-refractivity contribution < 1.29 is 32.7 Å². The van der Waals surface area contributed by atoms with Crippen molar-refractivity contribution in [2.75, 3.05) is 6.61 Å². The van der Waals surface area contributed by atoms with E-state index in [4.69, 9.17) is 10.2 Å². The number of aliphatic carboxylic acids is 1. The van der Waals surface area contributed by atoms with Gasteiger partial charge in [-0.25, -0.2) is 4.21 Å². The second kappa shape index (κ2) is 6.60. The molecule has 2 N–H and O–H groups in total. The van der Waals surface area contributed by atoms with Crippen LogP contribution in [0.2, 0.25) is 0 Å². The van der Waals surface area contributed by atoms with E-state index in [1.54, 1.807) is 0 Å². The van der Waals surface area contributed by atoms with Gasteiger partial charge in [-0.3, -0.25) is 13.8 Å². The zero-order valence-corrected chi connectivity index (χ0v) is 7.86. The van der Waals surface area contributed by atoms with Gasteiger partial charge in [0.2, 0.25) is 0 Å². The van der Waals surface area contributed by atoms with E-state index in [0.717, 1.165) is 0 Å². The van der Waals surface area contributed by atoms with Crippen LogP contribution in [0, 0.1) is 0 Å². The fraction of sp³-hybridized carbons (Fsp3) is 0.667. The van der Waals surface area contributed by atoms with E-state index < -0.39 is 48.7 Å². The van der Waals surface area contributed by atoms with Gasteiger partial charge in [-0.05, 0) is 0 Å². The Labute approximate surface area is 82.2 Å². The average molecular weight is 225 g/mol. The summed E-state index contributed by atoms with van der Waals surface area (Å²) < 4.78 is 23.7. The normalized spacial score (nSPS) is 14.7. The minimum atomic E-state index is -2.75. The lowest BCUT2D eigenvalue weighted by molar-refractivity contribution is -0.140. The van der Waals surface area contributed by atoms with Gasteiger partial charge in [0.05, 0.1) is 24.1 Å². The Morgan fingerprint density at radius 1 is 1.50 bits per heavy atom. The number of aliphatic hydroxyl groups excluding tert-OH is 1. The lowest BCUT2D eigenvalue weighted by atomic mass is 10.1. The molecule has 0 aliphatic heterocycles. The van der Waals surface area contributed by atoms with Crippen LogP contribution in [0.3, 0.4) is 0 Å². The van der Waals surface area contributed by atoms with Gasteiger partial charge in [-0.2, -0.15) is 0 Å². The van der Waals surface area contributed by atoms with Crippen LogP contribution < -0.4 is 0 Å². The maximum absolute atomic E-state index is 10.8. The highest BCUT2D eigenvalue weighted by molar-refractivity contribution is 7.74. The molecule has 2 atom stereocenters. The van der Waals surface area contributed by atoms with Gasteiger partial charge in [-0.15, -0.1) is 0 Å². The Hall–Kier alpha value is -0.830. The number of rotatable bonds is 7. The van der Waals surface area contributed by atoms with E-state index in [9.17, 15) is 18.4 Å². The van der Waals surface area contributed by atoms with E-state index in [-0.39, 0.29) is 0 Å². The van der Waals surface area contributed by atoms with Gasteiger partial charge in [0.25, 0.3) is 0 Å². The highest BCUT2D eigenvalue weighted by Crippen LogP contribution is 1.98. The molecule has 0 aliphatic carbocycles. The standard InChI is InChI=1S/C6H10O7S/c7-4(2-6(9)10)1-5(8)3-13-14(11)12/h5,8H,1-3H2,(H,9,10)(H,11,12)/p-1. The Bertz CT molecular complexity index is 238. The van der Waals surface area contributed by atoms with Crippen molar-refractivity contribution in [2.45, 2.75) is 18.9 Å². The highest BCUT2D eigenvalue weighted by atomic mass is 32.2. The van der Waals surface area contributed by atoms with E-state index in [1.165, 1.54) is 0 Å². The van der Waals surface area contributed by atoms with Crippen LogP contribution in [-0.4, -0.2) is 43.4 Å². The molecule has 0 rings (SSSR count). The molecule has 0 aliphatic rings. The number of ketones is 1. The fourth-order valence-electron chi connectivity index (χ4n) is 0.697. The molecule has 2 unspecified atom stereocenters. The van der Waals surface area contributed by atoms with Gasteiger partial charge in [0, 0.05) is 6.42 Å². The van der Waals surface area contributed by atoms with Gasteiger partial charge in [-0.1, -0.05) is 0 Å². The molecule has 14 heavy (non-hydrogen) atoms. The third-order valence-corrected chi connectivity index (χ3v) is 1.50. The first-order valence-corrected chi connectivity index (χ1v) is 4.56. The molecule has 0 aromatic carbocycles. The molecule has 0 aromatic heterocycles. The van der Waals surface area contributed by atoms with Gasteiger partial charge in [0.1, 0.15) is 12.2 Å². The maximum atomic E-state index is 10.8. The van der Waals surface area contributed by atoms with Crippen molar-refractivity contribution in [3.63, 3.8) is 0 Å². The molecule has 0 amide bonds. The molecular weight excluding hydrogens is 216 g/mol. The lowest BCUT2D eigenvalue weighted by Crippen LogP contribution is -2.21. The first-order valence-electron chi connectivity index (χ1n) is 3.56. The minimum Gasteiger partial charge on any atom is -0.750 e. The molecule has 0 saturated heterocycles. The third kappa shape index (κ3) is 7.80. The SMILES string of the molecule is O=C(O)CC(=O)CC(O)COS(=O)[O-]. The number of Topliss-reactive ketones (excluding diaryl/α,β-unsaturated/α-hetero) is 1. The van der Waals surface area contributed by atoms with Crippen LogP contribution in [0.5, 0.6) is 0 Å². The van der Waals surface area contributed by atoms with Crippen molar-refractivity contribution >= 4 is 23.1 Å². The third-order valence-electron chi connectivity index (χ3n) is 1.17. The number of carboxylic acids is 1. The Balaban J connectivity index is 3.71. The number of carbonyl (C=O) groups is 2. The summed E-state index contributed by atoms with van der Waals surface area (Å²) in [6.07, 6.45) is -2.44. The molecule has 8 heteroatoms. The van der Waals surface area contributed by atoms with E-state index in [0.29, 0.717) is 0 Å². The summed E-state index contributed by atoms with van der Waals surface area (Å²) in [5, 5.41) is 17.2. The van der Waals surface area contributed by atoms with Crippen LogP contribution in [0.15, 0.2) is 0 Å². The van der Waals surface area contributed by atoms with E-state index in [1.807, 2.05) is 0 Å². The first-order chi connectivity index (χ1) is 6.41. The minimum absolute atomic E-state index is 0.441. The quantitative estimate of drug-likeness (QED) is 0.403. The summed E-state index contributed by atoms with van der Waals surface area (Å²) in [7, 11) is 0. The predicted molar refractivity (Wildman–Crippen MR) is 42.8 cm³/mol. The van der Waals surface area contributed by atoms with Crippen LogP contribution in [0.1, 0.15) is 12.8 Å². The Kier molecular flexibility index (Phi) is 6.21. The van der Waals surface area contributed by atoms with E-state index in [2.05, 4.69) is 4.18 Å². The zero-order valence-electron chi connectivity index (χ0n) is 7.04. The summed E-state index contributed by atoms with van der Waals surface area (Å²) in [6.45, 7) is -0.554. The molecular formula is C6H9O7S-. The summed E-state index contributed by atoms with van der Waals surface area (Å²) in [5.74, 6) is -1.99. The molecule has 82 valence electrons. The van der Waals surface area contributed by atoms with Crippen molar-refractivity contribution in [1.29, 1.82) is 0 Å². The number of carbonyl (C=O) groups excluding carboxylic acids is 1. The summed E-state index contributed by atoms with van der Waals surface area (Å²) in [6, 6.07) is 0. The number of hydrogen-bond donors (Lipinski definition) is 2. The molecule has 0 radical (unpaired) electrons. The summed E-state index contributed by atoms with van der Waals surface area (Å²) >= 11 is -2.75. The number of hydrogen-bond acceptors (Lipinski definition) is 6. The monoisotopic (exact) mass is 225 g/mol. The zero-order chi connectivity index (χ0) is 11.1. The van der Waals surface area contributed by atoms with Gasteiger partial charge < -0.3 is 14.8 Å². The average Bonchev–Trinajstić information content (AvgIpc) is 1.98. The smallest absolute Gasteiger partial charge is 0.310 e. The van der Waals surface area contributed by atoms with Gasteiger partial charge in [0.15, 0.2) is 0 Å². The molecule has 0 spiro atoms. The molecule has 0 heterocycles. The van der Waals surface area contributed by atoms with Crippen molar-refractivity contribution in [2.24, 2.45) is 0 Å². The molecule has 0 bridgehead atoms. The van der Waals surface area contributed by atoms with E-state index >= 15 is 0 Å². The fourth-order valence-corrected chi connectivity index (χ4v) is 0.965. The van der Waals surface area contributed by atoms with Crippen LogP contribution >= 0.6 is 0 Å². The van der Waals surface area contributed by atoms with Crippen molar-refractivity contribution in [3.8, 4) is 0 Å². The first kappa shape index (κ1) is 13.2. The summed E-state index contributed by atoms with van der Waals surface area (Å²) in [5.41, 5.74) is 0. The molecule has 7 nitrogen and oxygen atoms in total. The van der Waals surface area contributed by atoms with Crippen molar-refractivity contribution in [1.82, 2.24) is 0 Å². The molecule has 0 fully saturated rings. The topological polar surface area (TPSA) is 124 Å². The van der Waals surface area contributed by atoms with Crippen LogP contribution in [0.25, 0.3) is 0 Å². The Morgan fingerprint density at radius 2 is 2.07 bits per heavy atom. The Morgan fingerprint density at radius 3 is 2.50 bits per heavy atom. The van der Waals surface area contributed by atoms with Gasteiger partial charge >= 0.3 is 5.97 Å². The predicted octanol–water partition coefficient (Wildman–Crippen LogP) is -1.41. The highest BCUT2D eigenvalue weighted by Gasteiger charge is 2.13. The molecule has 0 saturated carbocycles. The lowest BCUT2D eigenvalue weighted by Gasteiger charge is -2.10. The van der Waals surface area contributed by atoms with Crippen LogP contribution in [-0.2, 0) is 25.1 Å². The number of aliphatic hydroxyl groups is 1. The second-order valence-corrected chi connectivity index (χ2v) is 3.10. The number of carboxylic acid groups (broad SMARTS) is 1. The molecule has 0 aromatic rings. The maximum Gasteiger partial charge on any atom is 0.310 e. The van der Waals surface area contributed by atoms with Crippen LogP contribution in [0.4, 0.5) is 0 Å². The summed E-state index contributed by atoms with van der Waals surface area (Å²) in [4.78, 5) is 20.8. The second-order valence-electron chi connectivity index (χ2n) is 2.46. The largest absolute Gasteiger partial charge is 0.750 e.